The van der Waals surface area contributed by atoms with Gasteiger partial charge < -0.3 is 15.0 Å². The second-order valence-corrected chi connectivity index (χ2v) is 12.0. The molecule has 2 saturated heterocycles. The zero-order valence-corrected chi connectivity index (χ0v) is 20.6. The van der Waals surface area contributed by atoms with Crippen molar-refractivity contribution < 1.29 is 35.9 Å². The number of benzene rings is 2. The van der Waals surface area contributed by atoms with Gasteiger partial charge in [0.25, 0.3) is 5.91 Å². The Bertz CT molecular complexity index is 1370. The number of nitrogens with one attached hydrogen (secondary N) is 1. The van der Waals surface area contributed by atoms with Crippen molar-refractivity contribution in [3.8, 4) is 0 Å². The van der Waals surface area contributed by atoms with Gasteiger partial charge >= 0.3 is 0 Å². The minimum atomic E-state index is -3.56. The Balaban J connectivity index is 1.43. The highest BCUT2D eigenvalue weighted by Crippen LogP contribution is 2.49. The SMILES string of the molecule is CS(=O)(=O)c1cccc(C(=O)N2[C@@H](C(=O)N[C@@H](c3cc(F)c(Cl)cc3F)C3(F)COC3)C[C@H]3C[C@H]32)c1. The number of halogens is 4. The molecule has 2 aromatic rings. The Morgan fingerprint density at radius 1 is 1.17 bits per heavy atom. The van der Waals surface area contributed by atoms with Gasteiger partial charge in [-0.1, -0.05) is 17.7 Å². The van der Waals surface area contributed by atoms with Crippen LogP contribution in [0.3, 0.4) is 0 Å². The van der Waals surface area contributed by atoms with Crippen molar-refractivity contribution in [3.05, 3.63) is 64.2 Å². The van der Waals surface area contributed by atoms with E-state index in [2.05, 4.69) is 5.32 Å². The lowest BCUT2D eigenvalue weighted by atomic mass is 9.87. The molecule has 0 unspecified atom stereocenters. The van der Waals surface area contributed by atoms with Gasteiger partial charge in [0.15, 0.2) is 15.5 Å². The Morgan fingerprint density at radius 2 is 1.89 bits per heavy atom. The summed E-state index contributed by atoms with van der Waals surface area (Å²) in [4.78, 5) is 28.1. The number of hydrogen-bond acceptors (Lipinski definition) is 5. The smallest absolute Gasteiger partial charge is 0.254 e. The lowest BCUT2D eigenvalue weighted by Crippen LogP contribution is -2.58. The number of carbonyl (C=O) groups excluding carboxylic acids is 2. The first-order chi connectivity index (χ1) is 16.9. The summed E-state index contributed by atoms with van der Waals surface area (Å²) in [6.45, 7) is -0.864. The van der Waals surface area contributed by atoms with Gasteiger partial charge in [-0.3, -0.25) is 9.59 Å². The van der Waals surface area contributed by atoms with E-state index in [1.54, 1.807) is 0 Å². The quantitative estimate of drug-likeness (QED) is 0.566. The maximum Gasteiger partial charge on any atom is 0.254 e. The molecule has 0 spiro atoms. The summed E-state index contributed by atoms with van der Waals surface area (Å²) in [5, 5.41) is 2.00. The maximum absolute atomic E-state index is 15.5. The molecule has 2 amide bonds. The molecule has 1 saturated carbocycles. The van der Waals surface area contributed by atoms with E-state index in [1.165, 1.54) is 29.2 Å². The minimum Gasteiger partial charge on any atom is -0.374 e. The van der Waals surface area contributed by atoms with Crippen LogP contribution >= 0.6 is 11.6 Å². The van der Waals surface area contributed by atoms with Crippen molar-refractivity contribution in [1.82, 2.24) is 10.2 Å². The molecule has 5 rings (SSSR count). The molecular formula is C24H22ClF3N2O5S. The fraction of sp³-hybridized carbons (Fsp3) is 0.417. The second kappa shape index (κ2) is 8.74. The lowest BCUT2D eigenvalue weighted by Gasteiger charge is -2.41. The van der Waals surface area contributed by atoms with E-state index < -0.39 is 74.8 Å². The number of likely N-dealkylation sites (tertiary alicyclic amines) is 1. The predicted molar refractivity (Wildman–Crippen MR) is 123 cm³/mol. The molecular weight excluding hydrogens is 521 g/mol. The molecule has 1 aliphatic carbocycles. The Morgan fingerprint density at radius 3 is 2.53 bits per heavy atom. The number of nitrogens with zero attached hydrogens (tertiary/aromatic N) is 1. The van der Waals surface area contributed by atoms with E-state index in [1.807, 2.05) is 0 Å². The van der Waals surface area contributed by atoms with Crippen molar-refractivity contribution in [2.75, 3.05) is 19.5 Å². The van der Waals surface area contributed by atoms with Crippen molar-refractivity contribution in [3.63, 3.8) is 0 Å². The topological polar surface area (TPSA) is 92.8 Å². The highest BCUT2D eigenvalue weighted by molar-refractivity contribution is 7.90. The van der Waals surface area contributed by atoms with Crippen LogP contribution < -0.4 is 5.32 Å². The molecule has 3 aliphatic rings. The molecule has 12 heteroatoms. The second-order valence-electron chi connectivity index (χ2n) is 9.58. The number of sulfone groups is 1. The Kier molecular flexibility index (Phi) is 6.08. The molecule has 2 aromatic carbocycles. The minimum absolute atomic E-state index is 0.0365. The van der Waals surface area contributed by atoms with Crippen LogP contribution in [-0.2, 0) is 19.4 Å². The summed E-state index contributed by atoms with van der Waals surface area (Å²) >= 11 is 5.63. The zero-order chi connectivity index (χ0) is 26.0. The largest absolute Gasteiger partial charge is 0.374 e. The van der Waals surface area contributed by atoms with E-state index in [0.717, 1.165) is 12.3 Å². The third-order valence-corrected chi connectivity index (χ3v) is 8.39. The molecule has 1 N–H and O–H groups in total. The third-order valence-electron chi connectivity index (χ3n) is 6.99. The van der Waals surface area contributed by atoms with Gasteiger partial charge in [-0.15, -0.1) is 0 Å². The standard InChI is InChI=1S/C24H22ClF3N2O5S/c1-36(33,34)14-4-2-3-12(5-14)23(32)30-19-6-13(19)7-20(30)22(31)29-21(24(28)10-35-11-24)15-8-18(27)16(25)9-17(15)26/h2-5,8-9,13,19-21H,6-7,10-11H2,1H3,(H,29,31)/t13-,19-,20-,21+/m1/s1. The van der Waals surface area contributed by atoms with Crippen LogP contribution in [0.2, 0.25) is 5.02 Å². The van der Waals surface area contributed by atoms with Gasteiger partial charge in [-0.05, 0) is 49.1 Å². The molecule has 2 aliphatic heterocycles. The first kappa shape index (κ1) is 25.0. The van der Waals surface area contributed by atoms with Gasteiger partial charge in [0.05, 0.1) is 29.2 Å². The number of ether oxygens (including phenoxy) is 1. The summed E-state index contributed by atoms with van der Waals surface area (Å²) in [6.07, 6.45) is 2.02. The molecule has 0 radical (unpaired) electrons. The van der Waals surface area contributed by atoms with Crippen molar-refractivity contribution in [2.24, 2.45) is 5.92 Å². The average Bonchev–Trinajstić information content (AvgIpc) is 3.47. The van der Waals surface area contributed by atoms with E-state index in [-0.39, 0.29) is 22.4 Å². The van der Waals surface area contributed by atoms with Crippen LogP contribution in [0.1, 0.15) is 34.8 Å². The first-order valence-electron chi connectivity index (χ1n) is 11.2. The van der Waals surface area contributed by atoms with Gasteiger partial charge in [-0.25, -0.2) is 21.6 Å². The third kappa shape index (κ3) is 4.37. The van der Waals surface area contributed by atoms with Crippen LogP contribution in [0.15, 0.2) is 41.3 Å². The van der Waals surface area contributed by atoms with Crippen molar-refractivity contribution in [2.45, 2.75) is 41.5 Å². The van der Waals surface area contributed by atoms with E-state index in [9.17, 15) is 26.8 Å². The van der Waals surface area contributed by atoms with Crippen LogP contribution in [0, 0.1) is 17.6 Å². The number of amides is 2. The van der Waals surface area contributed by atoms with Gasteiger partial charge in [0, 0.05) is 23.4 Å². The molecule has 36 heavy (non-hydrogen) atoms. The molecule has 7 nitrogen and oxygen atoms in total. The summed E-state index contributed by atoms with van der Waals surface area (Å²) in [6, 6.07) is 4.19. The highest BCUT2D eigenvalue weighted by Gasteiger charge is 2.57. The Labute approximate surface area is 210 Å². The summed E-state index contributed by atoms with van der Waals surface area (Å²) in [5.41, 5.74) is -2.50. The molecule has 2 heterocycles. The van der Waals surface area contributed by atoms with E-state index in [0.29, 0.717) is 18.9 Å². The summed E-state index contributed by atoms with van der Waals surface area (Å²) in [7, 11) is -3.56. The molecule has 3 fully saturated rings. The summed E-state index contributed by atoms with van der Waals surface area (Å²) in [5.74, 6) is -3.15. The number of hydrogen-bond donors (Lipinski definition) is 1. The first-order valence-corrected chi connectivity index (χ1v) is 13.5. The monoisotopic (exact) mass is 542 g/mol. The highest BCUT2D eigenvalue weighted by atomic mass is 35.5. The lowest BCUT2D eigenvalue weighted by molar-refractivity contribution is -0.155. The van der Waals surface area contributed by atoms with Gasteiger partial charge in [0.1, 0.15) is 17.7 Å². The number of fused-ring (bicyclic) bond motifs is 1. The molecule has 192 valence electrons. The number of piperidine rings is 1. The van der Waals surface area contributed by atoms with Gasteiger partial charge in [-0.2, -0.15) is 0 Å². The zero-order valence-electron chi connectivity index (χ0n) is 19.0. The van der Waals surface area contributed by atoms with Crippen molar-refractivity contribution >= 4 is 33.3 Å². The summed E-state index contributed by atoms with van der Waals surface area (Å²) < 4.78 is 73.1. The molecule has 0 bridgehead atoms. The normalized spacial score (nSPS) is 25.0. The van der Waals surface area contributed by atoms with Crippen LogP contribution in [0.5, 0.6) is 0 Å². The van der Waals surface area contributed by atoms with Gasteiger partial charge in [0.2, 0.25) is 5.91 Å². The maximum atomic E-state index is 15.5. The van der Waals surface area contributed by atoms with Crippen LogP contribution in [0.4, 0.5) is 13.2 Å². The fourth-order valence-corrected chi connectivity index (χ4v) is 5.76. The number of rotatable bonds is 6. The molecule has 4 atom stereocenters. The number of carbonyl (C=O) groups is 2. The van der Waals surface area contributed by atoms with Crippen molar-refractivity contribution in [1.29, 1.82) is 0 Å². The molecule has 0 aromatic heterocycles. The van der Waals surface area contributed by atoms with Crippen LogP contribution in [0.25, 0.3) is 0 Å². The predicted octanol–water partition coefficient (Wildman–Crippen LogP) is 3.22. The number of alkyl halides is 1. The van der Waals surface area contributed by atoms with Crippen LogP contribution in [-0.4, -0.2) is 62.4 Å². The fourth-order valence-electron chi connectivity index (χ4n) is 4.94. The van der Waals surface area contributed by atoms with E-state index >= 15 is 4.39 Å². The average molecular weight is 543 g/mol. The van der Waals surface area contributed by atoms with E-state index in [4.69, 9.17) is 16.3 Å². The Hall–Kier alpha value is -2.63.